The molecule has 5 aromatic heterocycles. The van der Waals surface area contributed by atoms with E-state index >= 15 is 0 Å². The van der Waals surface area contributed by atoms with E-state index in [-0.39, 0.29) is 17.8 Å². The van der Waals surface area contributed by atoms with Crippen LogP contribution in [-0.2, 0) is 11.8 Å². The molecule has 0 amide bonds. The van der Waals surface area contributed by atoms with Crippen LogP contribution in [0.15, 0.2) is 58.4 Å². The molecule has 34 heavy (non-hydrogen) atoms. The highest BCUT2D eigenvalue weighted by molar-refractivity contribution is 6.07. The van der Waals surface area contributed by atoms with Crippen LogP contribution in [0.1, 0.15) is 32.2 Å². The maximum Gasteiger partial charge on any atom is 0.349 e. The first-order chi connectivity index (χ1) is 16.6. The van der Waals surface area contributed by atoms with Gasteiger partial charge in [-0.15, -0.1) is 0 Å². The first-order valence-corrected chi connectivity index (χ1v) is 11.5. The lowest BCUT2D eigenvalue weighted by atomic mass is 10.0. The van der Waals surface area contributed by atoms with Crippen LogP contribution < -0.4 is 5.69 Å². The molecule has 0 aromatic carbocycles. The van der Waals surface area contributed by atoms with E-state index in [1.54, 1.807) is 34.0 Å². The van der Waals surface area contributed by atoms with Crippen LogP contribution in [0.3, 0.4) is 0 Å². The van der Waals surface area contributed by atoms with Gasteiger partial charge in [0.25, 0.3) is 0 Å². The van der Waals surface area contributed by atoms with Crippen molar-refractivity contribution in [2.24, 2.45) is 7.05 Å². The summed E-state index contributed by atoms with van der Waals surface area (Å²) in [5, 5.41) is 5.09. The van der Waals surface area contributed by atoms with Crippen molar-refractivity contribution in [1.29, 1.82) is 0 Å². The van der Waals surface area contributed by atoms with E-state index in [1.807, 2.05) is 31.4 Å². The van der Waals surface area contributed by atoms with Crippen molar-refractivity contribution >= 4 is 22.1 Å². The minimum atomic E-state index is -0.296. The first-order valence-electron chi connectivity index (χ1n) is 11.5. The fraction of sp³-hybridized carbons (Fsp3) is 0.320. The van der Waals surface area contributed by atoms with E-state index in [0.29, 0.717) is 23.5 Å². The summed E-state index contributed by atoms with van der Waals surface area (Å²) >= 11 is 0. The van der Waals surface area contributed by atoms with Gasteiger partial charge in [-0.1, -0.05) is 6.92 Å². The molecule has 9 heteroatoms. The molecular formula is C25H24N6O3. The predicted molar refractivity (Wildman–Crippen MR) is 127 cm³/mol. The Morgan fingerprint density at radius 1 is 1.21 bits per heavy atom. The number of hydrogen-bond acceptors (Lipinski definition) is 7. The lowest BCUT2D eigenvalue weighted by molar-refractivity contribution is -0.00709. The average Bonchev–Trinajstić information content (AvgIpc) is 3.47. The number of pyridine rings is 2. The van der Waals surface area contributed by atoms with Crippen molar-refractivity contribution in [3.8, 4) is 22.5 Å². The second kappa shape index (κ2) is 8.18. The average molecular weight is 457 g/mol. The van der Waals surface area contributed by atoms with Gasteiger partial charge < -0.3 is 9.15 Å². The SMILES string of the molecule is CC[C@@H]1C[C@H](n2c(=O)nc(-c3cnn(C)c3)c3oc4cnc(-c5cccnc5)cc4c32)CCO1. The molecule has 0 spiro atoms. The van der Waals surface area contributed by atoms with Crippen LogP contribution in [0.5, 0.6) is 0 Å². The highest BCUT2D eigenvalue weighted by Gasteiger charge is 2.29. The van der Waals surface area contributed by atoms with Gasteiger partial charge in [0.1, 0.15) is 11.2 Å². The maximum absolute atomic E-state index is 13.5. The molecule has 0 radical (unpaired) electrons. The third-order valence-electron chi connectivity index (χ3n) is 6.51. The third kappa shape index (κ3) is 3.40. The maximum atomic E-state index is 13.5. The van der Waals surface area contributed by atoms with Gasteiger partial charge in [0, 0.05) is 54.8 Å². The molecule has 0 aliphatic carbocycles. The molecular weight excluding hydrogens is 432 g/mol. The fourth-order valence-electron chi connectivity index (χ4n) is 4.81. The normalized spacial score (nSPS) is 18.6. The number of aryl methyl sites for hydroxylation is 1. The number of ether oxygens (including phenoxy) is 1. The van der Waals surface area contributed by atoms with Gasteiger partial charge in [0.15, 0.2) is 11.2 Å². The standard InChI is InChI=1S/C25H24N6O3/c1-3-18-9-17(6-8-33-18)31-23-19-10-20(15-5-4-7-26-11-15)27-13-21(19)34-24(23)22(29-25(31)32)16-12-28-30(2)14-16/h4-5,7,10-14,17-18H,3,6,8-9H2,1-2H3/t17-,18-/m1/s1. The Labute approximate surface area is 195 Å². The van der Waals surface area contributed by atoms with Gasteiger partial charge in [0.2, 0.25) is 0 Å². The highest BCUT2D eigenvalue weighted by Crippen LogP contribution is 2.37. The van der Waals surface area contributed by atoms with Gasteiger partial charge in [-0.3, -0.25) is 19.2 Å². The Kier molecular flexibility index (Phi) is 4.99. The predicted octanol–water partition coefficient (Wildman–Crippen LogP) is 4.13. The summed E-state index contributed by atoms with van der Waals surface area (Å²) in [6.07, 6.45) is 11.3. The zero-order chi connectivity index (χ0) is 23.2. The number of aromatic nitrogens is 6. The molecule has 2 atom stereocenters. The smallest absolute Gasteiger partial charge is 0.349 e. The summed E-state index contributed by atoms with van der Waals surface area (Å²) in [6.45, 7) is 2.72. The van der Waals surface area contributed by atoms with Crippen LogP contribution in [0, 0.1) is 0 Å². The van der Waals surface area contributed by atoms with Crippen molar-refractivity contribution in [1.82, 2.24) is 29.3 Å². The number of fused-ring (bicyclic) bond motifs is 3. The van der Waals surface area contributed by atoms with Gasteiger partial charge in [-0.2, -0.15) is 10.1 Å². The van der Waals surface area contributed by atoms with Crippen molar-refractivity contribution in [3.63, 3.8) is 0 Å². The van der Waals surface area contributed by atoms with E-state index < -0.39 is 0 Å². The monoisotopic (exact) mass is 456 g/mol. The van der Waals surface area contributed by atoms with Crippen LogP contribution in [0.4, 0.5) is 0 Å². The number of rotatable bonds is 4. The molecule has 1 aliphatic heterocycles. The Hall–Kier alpha value is -3.85. The van der Waals surface area contributed by atoms with Crippen molar-refractivity contribution in [2.75, 3.05) is 6.61 Å². The molecule has 0 bridgehead atoms. The Morgan fingerprint density at radius 3 is 2.88 bits per heavy atom. The molecule has 6 rings (SSSR count). The quantitative estimate of drug-likeness (QED) is 0.401. The molecule has 0 unspecified atom stereocenters. The van der Waals surface area contributed by atoms with Gasteiger partial charge in [-0.05, 0) is 37.5 Å². The summed E-state index contributed by atoms with van der Waals surface area (Å²) in [6, 6.07) is 5.78. The minimum Gasteiger partial charge on any atom is -0.450 e. The topological polar surface area (TPSA) is 101 Å². The van der Waals surface area contributed by atoms with Gasteiger partial charge in [-0.25, -0.2) is 4.79 Å². The molecule has 0 N–H and O–H groups in total. The van der Waals surface area contributed by atoms with E-state index in [9.17, 15) is 4.79 Å². The van der Waals surface area contributed by atoms with E-state index in [2.05, 4.69) is 27.0 Å². The largest absolute Gasteiger partial charge is 0.450 e. The molecule has 9 nitrogen and oxygen atoms in total. The summed E-state index contributed by atoms with van der Waals surface area (Å²) in [5.41, 5.74) is 4.49. The second-order valence-corrected chi connectivity index (χ2v) is 8.68. The van der Waals surface area contributed by atoms with E-state index in [0.717, 1.165) is 47.0 Å². The number of hydrogen-bond donors (Lipinski definition) is 0. The van der Waals surface area contributed by atoms with Crippen LogP contribution in [0.2, 0.25) is 0 Å². The molecule has 172 valence electrons. The van der Waals surface area contributed by atoms with Crippen LogP contribution in [-0.4, -0.2) is 42.0 Å². The minimum absolute atomic E-state index is 0.0278. The van der Waals surface area contributed by atoms with Crippen molar-refractivity contribution in [2.45, 2.75) is 38.3 Å². The molecule has 0 saturated carbocycles. The Balaban J connectivity index is 1.65. The zero-order valence-corrected chi connectivity index (χ0v) is 19.0. The number of nitrogens with zero attached hydrogens (tertiary/aromatic N) is 6. The Bertz CT molecular complexity index is 1550. The van der Waals surface area contributed by atoms with Crippen LogP contribution in [0.25, 0.3) is 44.6 Å². The third-order valence-corrected chi connectivity index (χ3v) is 6.51. The fourth-order valence-corrected chi connectivity index (χ4v) is 4.81. The van der Waals surface area contributed by atoms with Crippen molar-refractivity contribution in [3.05, 3.63) is 59.7 Å². The molecule has 1 fully saturated rings. The lowest BCUT2D eigenvalue weighted by Crippen LogP contribution is -2.34. The molecule has 5 aromatic rings. The Morgan fingerprint density at radius 2 is 2.12 bits per heavy atom. The first kappa shape index (κ1) is 20.7. The highest BCUT2D eigenvalue weighted by atomic mass is 16.5. The summed E-state index contributed by atoms with van der Waals surface area (Å²) in [5.74, 6) is 0. The second-order valence-electron chi connectivity index (χ2n) is 8.68. The number of furan rings is 1. The molecule has 1 aliphatic rings. The van der Waals surface area contributed by atoms with E-state index in [1.165, 1.54) is 0 Å². The zero-order valence-electron chi connectivity index (χ0n) is 19.0. The molecule has 6 heterocycles. The summed E-state index contributed by atoms with van der Waals surface area (Å²) < 4.78 is 15.7. The van der Waals surface area contributed by atoms with Gasteiger partial charge >= 0.3 is 5.69 Å². The van der Waals surface area contributed by atoms with Crippen LogP contribution >= 0.6 is 0 Å². The summed E-state index contributed by atoms with van der Waals surface area (Å²) in [4.78, 5) is 26.8. The molecule has 1 saturated heterocycles. The van der Waals surface area contributed by atoms with Crippen molar-refractivity contribution < 1.29 is 9.15 Å². The van der Waals surface area contributed by atoms with Gasteiger partial charge in [0.05, 0.1) is 24.2 Å². The van der Waals surface area contributed by atoms with E-state index in [4.69, 9.17) is 9.15 Å². The summed E-state index contributed by atoms with van der Waals surface area (Å²) in [7, 11) is 1.83. The lowest BCUT2D eigenvalue weighted by Gasteiger charge is -2.30.